The van der Waals surface area contributed by atoms with Crippen molar-refractivity contribution in [1.29, 1.82) is 0 Å². The number of epoxide rings is 1. The van der Waals surface area contributed by atoms with Crippen LogP contribution < -0.4 is 5.73 Å². The maximum atomic E-state index is 12.9. The van der Waals surface area contributed by atoms with Gasteiger partial charge in [-0.25, -0.2) is 0 Å². The molecule has 1 aromatic rings. The molecule has 5 atom stereocenters. The first-order valence-electron chi connectivity index (χ1n) is 8.38. The van der Waals surface area contributed by atoms with Crippen molar-refractivity contribution in [2.24, 2.45) is 5.73 Å². The molecule has 3 heterocycles. The van der Waals surface area contributed by atoms with E-state index >= 15 is 0 Å². The number of aliphatic hydroxyl groups excluding tert-OH is 1. The maximum Gasteiger partial charge on any atom is 0.316 e. The number of benzene rings is 1. The van der Waals surface area contributed by atoms with Crippen molar-refractivity contribution in [3.63, 3.8) is 0 Å². The smallest absolute Gasteiger partial charge is 0.316 e. The summed E-state index contributed by atoms with van der Waals surface area (Å²) >= 11 is 0. The lowest BCUT2D eigenvalue weighted by atomic mass is 9.97. The second-order valence-corrected chi connectivity index (χ2v) is 6.91. The number of nitrogens with two attached hydrogens (primary N) is 1. The van der Waals surface area contributed by atoms with Crippen molar-refractivity contribution >= 4 is 5.97 Å². The van der Waals surface area contributed by atoms with Gasteiger partial charge in [-0.1, -0.05) is 30.3 Å². The van der Waals surface area contributed by atoms with Crippen LogP contribution in [0.1, 0.15) is 24.3 Å². The predicted octanol–water partition coefficient (Wildman–Crippen LogP) is 0.217. The molecule has 0 aromatic heterocycles. The molecule has 7 nitrogen and oxygen atoms in total. The second-order valence-electron chi connectivity index (χ2n) is 6.91. The first-order valence-corrected chi connectivity index (χ1v) is 8.38. The third-order valence-electron chi connectivity index (χ3n) is 5.69. The third kappa shape index (κ3) is 2.35. The molecule has 1 aromatic carbocycles. The Morgan fingerprint density at radius 1 is 1.33 bits per heavy atom. The van der Waals surface area contributed by atoms with E-state index < -0.39 is 16.5 Å². The van der Waals surface area contributed by atoms with Crippen molar-refractivity contribution in [3.8, 4) is 0 Å². The summed E-state index contributed by atoms with van der Waals surface area (Å²) < 4.78 is 10.8. The number of carbonyl (C=O) groups is 1. The molecule has 0 saturated carbocycles. The SMILES string of the molecule is NC[N+]1([O-])C2CC(OC(=O)C(CO)c3ccccc3)CC1C1OC12. The Balaban J connectivity index is 1.44. The molecule has 3 fully saturated rings. The predicted molar refractivity (Wildman–Crippen MR) is 84.3 cm³/mol. The molecule has 3 aliphatic heterocycles. The first kappa shape index (κ1) is 16.0. The molecule has 0 amide bonds. The van der Waals surface area contributed by atoms with Crippen LogP contribution in [0.15, 0.2) is 30.3 Å². The highest BCUT2D eigenvalue weighted by Gasteiger charge is 2.70. The summed E-state index contributed by atoms with van der Waals surface area (Å²) in [5.41, 5.74) is 6.42. The number of carbonyl (C=O) groups excluding carboxylic acids is 1. The van der Waals surface area contributed by atoms with Crippen molar-refractivity contribution in [1.82, 2.24) is 0 Å². The van der Waals surface area contributed by atoms with Crippen LogP contribution in [0.3, 0.4) is 0 Å². The highest BCUT2D eigenvalue weighted by atomic mass is 16.6. The standard InChI is InChI=1S/C17H22N2O5/c18-9-19(22)13-6-11(7-14(19)16-15(13)24-16)23-17(21)12(8-20)10-4-2-1-3-5-10/h1-5,11-16,20H,6-9,18H2. The lowest BCUT2D eigenvalue weighted by Gasteiger charge is -2.53. The second kappa shape index (κ2) is 5.79. The molecule has 0 aliphatic carbocycles. The van der Waals surface area contributed by atoms with Gasteiger partial charge in [-0.3, -0.25) is 10.5 Å². The van der Waals surface area contributed by atoms with E-state index in [-0.39, 0.29) is 43.7 Å². The quantitative estimate of drug-likeness (QED) is 0.345. The van der Waals surface area contributed by atoms with Gasteiger partial charge in [0.25, 0.3) is 0 Å². The fraction of sp³-hybridized carbons (Fsp3) is 0.588. The molecule has 3 saturated heterocycles. The van der Waals surface area contributed by atoms with Gasteiger partial charge in [0.1, 0.15) is 43.0 Å². The molecule has 5 unspecified atom stereocenters. The monoisotopic (exact) mass is 334 g/mol. The molecule has 0 spiro atoms. The van der Waals surface area contributed by atoms with Gasteiger partial charge >= 0.3 is 5.97 Å². The van der Waals surface area contributed by atoms with Crippen molar-refractivity contribution in [2.75, 3.05) is 13.3 Å². The zero-order valence-electron chi connectivity index (χ0n) is 13.3. The number of hydroxylamine groups is 3. The summed E-state index contributed by atoms with van der Waals surface area (Å²) in [5, 5.41) is 22.4. The largest absolute Gasteiger partial charge is 0.631 e. The number of rotatable bonds is 5. The van der Waals surface area contributed by atoms with E-state index in [0.717, 1.165) is 5.56 Å². The number of morpholine rings is 1. The maximum absolute atomic E-state index is 12.9. The van der Waals surface area contributed by atoms with E-state index in [9.17, 15) is 15.1 Å². The van der Waals surface area contributed by atoms with Crippen LogP contribution in [-0.4, -0.2) is 59.4 Å². The normalized spacial score (nSPS) is 40.7. The van der Waals surface area contributed by atoms with Crippen LogP contribution in [-0.2, 0) is 14.3 Å². The number of nitrogens with zero attached hydrogens (tertiary/aromatic N) is 1. The minimum atomic E-state index is -0.697. The number of aliphatic hydroxyl groups is 1. The molecular formula is C17H22N2O5. The zero-order valence-corrected chi connectivity index (χ0v) is 13.3. The van der Waals surface area contributed by atoms with E-state index in [2.05, 4.69) is 0 Å². The number of fused-ring (bicyclic) bond motifs is 5. The average molecular weight is 334 g/mol. The van der Waals surface area contributed by atoms with Gasteiger partial charge in [0.2, 0.25) is 0 Å². The first-order chi connectivity index (χ1) is 11.6. The Hall–Kier alpha value is -1.51. The van der Waals surface area contributed by atoms with Gasteiger partial charge in [-0.2, -0.15) is 0 Å². The number of quaternary nitrogens is 1. The molecule has 130 valence electrons. The summed E-state index contributed by atoms with van der Waals surface area (Å²) in [7, 11) is 0. The number of hydrogen-bond acceptors (Lipinski definition) is 6. The van der Waals surface area contributed by atoms with Gasteiger partial charge in [0.05, 0.1) is 6.61 Å². The number of ether oxygens (including phenoxy) is 2. The lowest BCUT2D eigenvalue weighted by molar-refractivity contribution is -0.928. The lowest BCUT2D eigenvalue weighted by Crippen LogP contribution is -2.63. The van der Waals surface area contributed by atoms with Crippen LogP contribution in [0.4, 0.5) is 0 Å². The van der Waals surface area contributed by atoms with Gasteiger partial charge < -0.3 is 24.4 Å². The van der Waals surface area contributed by atoms with Crippen LogP contribution in [0.2, 0.25) is 0 Å². The van der Waals surface area contributed by atoms with Gasteiger partial charge in [-0.05, 0) is 5.56 Å². The summed E-state index contributed by atoms with van der Waals surface area (Å²) in [6, 6.07) is 8.59. The van der Waals surface area contributed by atoms with E-state index in [4.69, 9.17) is 15.2 Å². The summed E-state index contributed by atoms with van der Waals surface area (Å²) in [6.45, 7) is -0.267. The molecular weight excluding hydrogens is 312 g/mol. The average Bonchev–Trinajstić information content (AvgIpc) is 3.35. The van der Waals surface area contributed by atoms with Crippen LogP contribution in [0, 0.1) is 5.21 Å². The van der Waals surface area contributed by atoms with Crippen molar-refractivity contribution in [3.05, 3.63) is 41.1 Å². The Morgan fingerprint density at radius 3 is 2.50 bits per heavy atom. The Labute approximate surface area is 140 Å². The van der Waals surface area contributed by atoms with E-state index in [1.54, 1.807) is 12.1 Å². The molecule has 2 bridgehead atoms. The Bertz CT molecular complexity index is 607. The highest BCUT2D eigenvalue weighted by molar-refractivity contribution is 5.78. The molecule has 7 heteroatoms. The fourth-order valence-corrected chi connectivity index (χ4v) is 4.37. The molecule has 3 aliphatic rings. The molecule has 24 heavy (non-hydrogen) atoms. The number of esters is 1. The number of piperidine rings is 1. The fourth-order valence-electron chi connectivity index (χ4n) is 4.37. The third-order valence-corrected chi connectivity index (χ3v) is 5.69. The van der Waals surface area contributed by atoms with Crippen LogP contribution in [0.5, 0.6) is 0 Å². The molecule has 3 N–H and O–H groups in total. The van der Waals surface area contributed by atoms with Gasteiger partial charge in [-0.15, -0.1) is 0 Å². The number of hydrogen-bond donors (Lipinski definition) is 2. The minimum absolute atomic E-state index is 0.0373. The minimum Gasteiger partial charge on any atom is -0.631 e. The summed E-state index contributed by atoms with van der Waals surface area (Å²) in [4.78, 5) is 12.5. The van der Waals surface area contributed by atoms with Gasteiger partial charge in [0, 0.05) is 12.8 Å². The highest BCUT2D eigenvalue weighted by Crippen LogP contribution is 2.52. The van der Waals surface area contributed by atoms with Crippen LogP contribution in [0.25, 0.3) is 0 Å². The van der Waals surface area contributed by atoms with Crippen LogP contribution >= 0.6 is 0 Å². The summed E-state index contributed by atoms with van der Waals surface area (Å²) in [6.07, 6.45) is 0.548. The Morgan fingerprint density at radius 2 is 1.96 bits per heavy atom. The van der Waals surface area contributed by atoms with E-state index in [1.807, 2.05) is 18.2 Å². The molecule has 0 radical (unpaired) electrons. The summed E-state index contributed by atoms with van der Waals surface area (Å²) in [5.74, 6) is -1.14. The molecule has 4 rings (SSSR count). The zero-order chi connectivity index (χ0) is 16.9. The van der Waals surface area contributed by atoms with E-state index in [1.165, 1.54) is 0 Å². The topological polar surface area (TPSA) is 108 Å². The van der Waals surface area contributed by atoms with E-state index in [0.29, 0.717) is 12.8 Å². The Kier molecular flexibility index (Phi) is 3.85. The van der Waals surface area contributed by atoms with Gasteiger partial charge in [0.15, 0.2) is 0 Å². The van der Waals surface area contributed by atoms with Crippen molar-refractivity contribution in [2.45, 2.75) is 49.2 Å². The van der Waals surface area contributed by atoms with Crippen molar-refractivity contribution < 1.29 is 24.0 Å².